The minimum absolute atomic E-state index is 0.157. The number of hydrogen-bond acceptors (Lipinski definition) is 1. The molecule has 18 heavy (non-hydrogen) atoms. The van der Waals surface area contributed by atoms with Crippen molar-refractivity contribution in [3.63, 3.8) is 0 Å². The van der Waals surface area contributed by atoms with Crippen molar-refractivity contribution in [1.82, 2.24) is 0 Å². The van der Waals surface area contributed by atoms with Crippen LogP contribution in [0.15, 0.2) is 53.0 Å². The van der Waals surface area contributed by atoms with Crippen molar-refractivity contribution in [2.45, 2.75) is 19.8 Å². The maximum atomic E-state index is 12.1. The van der Waals surface area contributed by atoms with Gasteiger partial charge in [0.1, 0.15) is 0 Å². The van der Waals surface area contributed by atoms with Crippen LogP contribution < -0.4 is 0 Å². The highest BCUT2D eigenvalue weighted by Crippen LogP contribution is 2.18. The van der Waals surface area contributed by atoms with Crippen LogP contribution in [0.5, 0.6) is 0 Å². The average molecular weight is 303 g/mol. The molecule has 0 aliphatic heterocycles. The third-order valence-corrected chi connectivity index (χ3v) is 3.77. The molecule has 0 saturated carbocycles. The number of carbonyl (C=O) groups excluding carboxylic acids is 1. The number of halogens is 1. The first-order valence-corrected chi connectivity index (χ1v) is 6.85. The highest BCUT2D eigenvalue weighted by atomic mass is 79.9. The minimum Gasteiger partial charge on any atom is -0.294 e. The first kappa shape index (κ1) is 13.0. The van der Waals surface area contributed by atoms with E-state index in [0.29, 0.717) is 6.42 Å². The SMILES string of the molecule is CCc1ccc(C(=O)Cc2ccccc2Br)cc1. The summed E-state index contributed by atoms with van der Waals surface area (Å²) in [5.41, 5.74) is 3.07. The first-order valence-electron chi connectivity index (χ1n) is 6.06. The fourth-order valence-electron chi connectivity index (χ4n) is 1.84. The quantitative estimate of drug-likeness (QED) is 0.763. The summed E-state index contributed by atoms with van der Waals surface area (Å²) >= 11 is 3.47. The van der Waals surface area contributed by atoms with E-state index in [-0.39, 0.29) is 5.78 Å². The molecule has 0 spiro atoms. The molecule has 1 nitrogen and oxygen atoms in total. The van der Waals surface area contributed by atoms with Crippen LogP contribution in [0.3, 0.4) is 0 Å². The predicted octanol–water partition coefficient (Wildman–Crippen LogP) is 4.44. The summed E-state index contributed by atoms with van der Waals surface area (Å²) in [6.45, 7) is 2.11. The lowest BCUT2D eigenvalue weighted by molar-refractivity contribution is 0.0993. The molecule has 0 heterocycles. The van der Waals surface area contributed by atoms with E-state index in [1.165, 1.54) is 5.56 Å². The second kappa shape index (κ2) is 5.96. The van der Waals surface area contributed by atoms with Crippen molar-refractivity contribution >= 4 is 21.7 Å². The molecule has 0 amide bonds. The van der Waals surface area contributed by atoms with Crippen molar-refractivity contribution in [3.8, 4) is 0 Å². The van der Waals surface area contributed by atoms with E-state index in [0.717, 1.165) is 22.0 Å². The zero-order valence-corrected chi connectivity index (χ0v) is 11.9. The summed E-state index contributed by atoms with van der Waals surface area (Å²) in [6.07, 6.45) is 1.44. The third kappa shape index (κ3) is 3.08. The van der Waals surface area contributed by atoms with Crippen LogP contribution in [0.4, 0.5) is 0 Å². The first-order chi connectivity index (χ1) is 8.70. The molecular weight excluding hydrogens is 288 g/mol. The van der Waals surface area contributed by atoms with Crippen LogP contribution >= 0.6 is 15.9 Å². The van der Waals surface area contributed by atoms with E-state index in [9.17, 15) is 4.79 Å². The van der Waals surface area contributed by atoms with Gasteiger partial charge in [-0.1, -0.05) is 65.3 Å². The Morgan fingerprint density at radius 2 is 1.72 bits per heavy atom. The Bertz CT molecular complexity index is 543. The highest BCUT2D eigenvalue weighted by molar-refractivity contribution is 9.10. The van der Waals surface area contributed by atoms with E-state index < -0.39 is 0 Å². The molecule has 0 N–H and O–H groups in total. The Labute approximate surface area is 116 Å². The van der Waals surface area contributed by atoms with Gasteiger partial charge in [0.05, 0.1) is 0 Å². The molecule has 0 atom stereocenters. The van der Waals surface area contributed by atoms with Crippen molar-refractivity contribution < 1.29 is 4.79 Å². The summed E-state index contributed by atoms with van der Waals surface area (Å²) in [6, 6.07) is 15.7. The molecule has 0 aliphatic rings. The topological polar surface area (TPSA) is 17.1 Å². The fraction of sp³-hybridized carbons (Fsp3) is 0.188. The molecule has 0 radical (unpaired) electrons. The van der Waals surface area contributed by atoms with Crippen LogP contribution in [-0.4, -0.2) is 5.78 Å². The molecule has 0 bridgehead atoms. The monoisotopic (exact) mass is 302 g/mol. The molecule has 2 aromatic carbocycles. The van der Waals surface area contributed by atoms with Gasteiger partial charge in [-0.3, -0.25) is 4.79 Å². The fourth-order valence-corrected chi connectivity index (χ4v) is 2.27. The summed E-state index contributed by atoms with van der Waals surface area (Å²) in [5.74, 6) is 0.157. The molecule has 0 unspecified atom stereocenters. The van der Waals surface area contributed by atoms with Crippen molar-refractivity contribution in [2.24, 2.45) is 0 Å². The number of Topliss-reactive ketones (excluding diaryl/α,β-unsaturated/α-hetero) is 1. The molecule has 0 saturated heterocycles. The van der Waals surface area contributed by atoms with Crippen LogP contribution in [0.1, 0.15) is 28.4 Å². The third-order valence-electron chi connectivity index (χ3n) is 2.99. The van der Waals surface area contributed by atoms with Gasteiger partial charge in [-0.2, -0.15) is 0 Å². The van der Waals surface area contributed by atoms with Gasteiger partial charge in [0.2, 0.25) is 0 Å². The van der Waals surface area contributed by atoms with Crippen LogP contribution in [0.25, 0.3) is 0 Å². The van der Waals surface area contributed by atoms with Crippen LogP contribution in [0.2, 0.25) is 0 Å². The van der Waals surface area contributed by atoms with Crippen LogP contribution in [0, 0.1) is 0 Å². The average Bonchev–Trinajstić information content (AvgIpc) is 2.41. The zero-order chi connectivity index (χ0) is 13.0. The molecule has 0 fully saturated rings. The highest BCUT2D eigenvalue weighted by Gasteiger charge is 2.08. The summed E-state index contributed by atoms with van der Waals surface area (Å²) in [5, 5.41) is 0. The number of benzene rings is 2. The lowest BCUT2D eigenvalue weighted by Gasteiger charge is -2.04. The van der Waals surface area contributed by atoms with E-state index in [2.05, 4.69) is 22.9 Å². The van der Waals surface area contributed by atoms with Gasteiger partial charge in [-0.15, -0.1) is 0 Å². The van der Waals surface area contributed by atoms with Gasteiger partial charge in [-0.05, 0) is 23.6 Å². The molecule has 2 aromatic rings. The molecule has 2 rings (SSSR count). The van der Waals surface area contributed by atoms with E-state index in [1.807, 2.05) is 48.5 Å². The Balaban J connectivity index is 2.14. The number of carbonyl (C=O) groups is 1. The van der Waals surface area contributed by atoms with Gasteiger partial charge < -0.3 is 0 Å². The molecule has 2 heteroatoms. The van der Waals surface area contributed by atoms with E-state index >= 15 is 0 Å². The van der Waals surface area contributed by atoms with Crippen molar-refractivity contribution in [1.29, 1.82) is 0 Å². The second-order valence-electron chi connectivity index (χ2n) is 4.24. The van der Waals surface area contributed by atoms with Gasteiger partial charge in [0.25, 0.3) is 0 Å². The number of rotatable bonds is 4. The largest absolute Gasteiger partial charge is 0.294 e. The molecule has 0 aliphatic carbocycles. The zero-order valence-electron chi connectivity index (χ0n) is 10.3. The van der Waals surface area contributed by atoms with Gasteiger partial charge in [-0.25, -0.2) is 0 Å². The van der Waals surface area contributed by atoms with Crippen LogP contribution in [-0.2, 0) is 12.8 Å². The molecule has 92 valence electrons. The number of hydrogen-bond donors (Lipinski definition) is 0. The number of ketones is 1. The Kier molecular flexibility index (Phi) is 4.32. The Morgan fingerprint density at radius 1 is 1.06 bits per heavy atom. The maximum absolute atomic E-state index is 12.1. The normalized spacial score (nSPS) is 10.3. The van der Waals surface area contributed by atoms with E-state index in [1.54, 1.807) is 0 Å². The maximum Gasteiger partial charge on any atom is 0.167 e. The number of aryl methyl sites for hydroxylation is 1. The molecule has 0 aromatic heterocycles. The minimum atomic E-state index is 0.157. The van der Waals surface area contributed by atoms with Gasteiger partial charge in [0.15, 0.2) is 5.78 Å². The summed E-state index contributed by atoms with van der Waals surface area (Å²) in [4.78, 5) is 12.1. The summed E-state index contributed by atoms with van der Waals surface area (Å²) in [7, 11) is 0. The lowest BCUT2D eigenvalue weighted by Crippen LogP contribution is -2.04. The van der Waals surface area contributed by atoms with Gasteiger partial charge in [0, 0.05) is 16.5 Å². The smallest absolute Gasteiger partial charge is 0.167 e. The standard InChI is InChI=1S/C16H15BrO/c1-2-12-7-9-13(10-8-12)16(18)11-14-5-3-4-6-15(14)17/h3-10H,2,11H2,1H3. The lowest BCUT2D eigenvalue weighted by atomic mass is 10.0. The summed E-state index contributed by atoms with van der Waals surface area (Å²) < 4.78 is 0.989. The Morgan fingerprint density at radius 3 is 2.33 bits per heavy atom. The molecular formula is C16H15BrO. The van der Waals surface area contributed by atoms with Crippen molar-refractivity contribution in [2.75, 3.05) is 0 Å². The van der Waals surface area contributed by atoms with E-state index in [4.69, 9.17) is 0 Å². The second-order valence-corrected chi connectivity index (χ2v) is 5.10. The van der Waals surface area contributed by atoms with Crippen molar-refractivity contribution in [3.05, 3.63) is 69.7 Å². The predicted molar refractivity (Wildman–Crippen MR) is 78.0 cm³/mol. The van der Waals surface area contributed by atoms with Gasteiger partial charge >= 0.3 is 0 Å². The Hall–Kier alpha value is -1.41.